The second-order valence-electron chi connectivity index (χ2n) is 15.3. The van der Waals surface area contributed by atoms with E-state index in [0.717, 1.165) is 5.56 Å². The van der Waals surface area contributed by atoms with Crippen LogP contribution in [0.3, 0.4) is 0 Å². The lowest BCUT2D eigenvalue weighted by atomic mass is 9.89. The molecule has 1 saturated heterocycles. The van der Waals surface area contributed by atoms with Crippen LogP contribution in [0.1, 0.15) is 79.7 Å². The molecule has 1 heterocycles. The summed E-state index contributed by atoms with van der Waals surface area (Å²) in [5.74, 6) is 2.40. The van der Waals surface area contributed by atoms with Crippen molar-refractivity contribution in [2.24, 2.45) is 29.5 Å². The zero-order valence-corrected chi connectivity index (χ0v) is 33.7. The molecule has 53 heavy (non-hydrogen) atoms. The van der Waals surface area contributed by atoms with E-state index in [2.05, 4.69) is 10.6 Å². The average Bonchev–Trinajstić information content (AvgIpc) is 3.59. The highest BCUT2D eigenvalue weighted by Gasteiger charge is 2.43. The monoisotopic (exact) mass is 746 g/mol. The van der Waals surface area contributed by atoms with Crippen molar-refractivity contribution in [2.45, 2.75) is 123 Å². The molecule has 0 bridgehead atoms. The fourth-order valence-electron chi connectivity index (χ4n) is 7.59. The van der Waals surface area contributed by atoms with Gasteiger partial charge in [-0.05, 0) is 36.2 Å². The van der Waals surface area contributed by atoms with Crippen molar-refractivity contribution in [1.82, 2.24) is 25.4 Å². The van der Waals surface area contributed by atoms with Gasteiger partial charge in [-0.25, -0.2) is 9.80 Å². The quantitative estimate of drug-likeness (QED) is 0.108. The standard InChI is InChI=1S/C39H66N6O8/c1-12-25(6)34(43(8)38(49)32(23(2)3)42-37(48)33(24(4)5)44(9)40)30(52-10)22-31(46)45-20-16-19-29(45)35(53-11)26(7)36(47)41-28(39(50)51)21-27-17-14-13-15-18-27/h13-15,17-18,23-26,28-30,32-35H,12,16,19-22,40H2,1-11H3,(H,41,47)(H,42,48)(H,50,51)/t25?,26-,28?,29+,30-,32+,33+,34+,35-/m1/s1. The molecule has 1 aromatic rings. The van der Waals surface area contributed by atoms with Gasteiger partial charge in [-0.3, -0.25) is 25.0 Å². The first-order valence-corrected chi connectivity index (χ1v) is 18.9. The average molecular weight is 747 g/mol. The van der Waals surface area contributed by atoms with Crippen LogP contribution in [-0.2, 0) is 39.9 Å². The molecule has 9 atom stereocenters. The minimum atomic E-state index is -1.14. The number of carbonyl (C=O) groups is 5. The van der Waals surface area contributed by atoms with Gasteiger partial charge in [-0.15, -0.1) is 0 Å². The zero-order valence-electron chi connectivity index (χ0n) is 33.7. The molecule has 1 fully saturated rings. The highest BCUT2D eigenvalue weighted by atomic mass is 16.5. The van der Waals surface area contributed by atoms with Crippen LogP contribution >= 0.6 is 0 Å². The van der Waals surface area contributed by atoms with Gasteiger partial charge in [0.25, 0.3) is 0 Å². The van der Waals surface area contributed by atoms with Crippen LogP contribution in [0.25, 0.3) is 0 Å². The number of methoxy groups -OCH3 is 2. The summed E-state index contributed by atoms with van der Waals surface area (Å²) in [7, 11) is 6.33. The van der Waals surface area contributed by atoms with E-state index < -0.39 is 60.2 Å². The molecule has 4 amide bonds. The normalized spacial score (nSPS) is 19.2. The molecule has 14 heteroatoms. The SMILES string of the molecule is CCC(C)[C@@H]([C@@H](CC(=O)N1CCC[C@H]1[C@H](OC)[C@@H](C)C(=O)NC(Cc1ccccc1)C(=O)O)OC)N(C)C(=O)[C@@H](NC(=O)[C@H](C(C)C)N(C)N)C(C)C. The van der Waals surface area contributed by atoms with E-state index in [1.807, 2.05) is 71.9 Å². The van der Waals surface area contributed by atoms with Gasteiger partial charge < -0.3 is 35.0 Å². The fourth-order valence-corrected chi connectivity index (χ4v) is 7.59. The van der Waals surface area contributed by atoms with Gasteiger partial charge in [-0.1, -0.05) is 85.2 Å². The largest absolute Gasteiger partial charge is 0.480 e. The molecule has 0 saturated carbocycles. The van der Waals surface area contributed by atoms with E-state index in [1.54, 1.807) is 30.8 Å². The maximum Gasteiger partial charge on any atom is 0.326 e. The summed E-state index contributed by atoms with van der Waals surface area (Å²) < 4.78 is 11.8. The van der Waals surface area contributed by atoms with Gasteiger partial charge in [-0.2, -0.15) is 0 Å². The minimum absolute atomic E-state index is 0.0269. The lowest BCUT2D eigenvalue weighted by Gasteiger charge is -2.41. The predicted molar refractivity (Wildman–Crippen MR) is 203 cm³/mol. The van der Waals surface area contributed by atoms with Crippen molar-refractivity contribution < 1.29 is 38.6 Å². The number of hydrogen-bond acceptors (Lipinski definition) is 9. The lowest BCUT2D eigenvalue weighted by Crippen LogP contribution is -2.60. The number of likely N-dealkylation sites (tertiary alicyclic amines) is 1. The van der Waals surface area contributed by atoms with E-state index in [4.69, 9.17) is 15.3 Å². The number of hydrogen-bond donors (Lipinski definition) is 4. The topological polar surface area (TPSA) is 184 Å². The number of ether oxygens (including phenoxy) is 2. The summed E-state index contributed by atoms with van der Waals surface area (Å²) in [6.45, 7) is 13.7. The van der Waals surface area contributed by atoms with Crippen LogP contribution in [0.4, 0.5) is 0 Å². The van der Waals surface area contributed by atoms with Crippen molar-refractivity contribution in [1.29, 1.82) is 0 Å². The van der Waals surface area contributed by atoms with Crippen LogP contribution in [0.2, 0.25) is 0 Å². The Labute approximate surface area is 316 Å². The van der Waals surface area contributed by atoms with E-state index in [9.17, 15) is 29.1 Å². The van der Waals surface area contributed by atoms with E-state index in [1.165, 1.54) is 19.2 Å². The summed E-state index contributed by atoms with van der Waals surface area (Å²) in [4.78, 5) is 70.5. The third-order valence-corrected chi connectivity index (χ3v) is 10.7. The summed E-state index contributed by atoms with van der Waals surface area (Å²) in [5.41, 5.74) is 0.781. The first-order chi connectivity index (χ1) is 24.9. The third kappa shape index (κ3) is 12.2. The summed E-state index contributed by atoms with van der Waals surface area (Å²) >= 11 is 0. The lowest BCUT2D eigenvalue weighted by molar-refractivity contribution is -0.148. The third-order valence-electron chi connectivity index (χ3n) is 10.7. The summed E-state index contributed by atoms with van der Waals surface area (Å²) in [6.07, 6.45) is 0.735. The Hall–Kier alpha value is -3.59. The molecular formula is C39H66N6O8. The maximum absolute atomic E-state index is 14.2. The molecule has 300 valence electrons. The van der Waals surface area contributed by atoms with Crippen molar-refractivity contribution in [2.75, 3.05) is 34.9 Å². The maximum atomic E-state index is 14.2. The molecule has 1 aromatic carbocycles. The van der Waals surface area contributed by atoms with Crippen LogP contribution in [0, 0.1) is 23.7 Å². The zero-order chi connectivity index (χ0) is 40.2. The Morgan fingerprint density at radius 2 is 1.57 bits per heavy atom. The van der Waals surface area contributed by atoms with Gasteiger partial charge in [0, 0.05) is 41.3 Å². The molecule has 2 rings (SSSR count). The number of likely N-dealkylation sites (N-methyl/N-ethyl adjacent to an activating group) is 2. The van der Waals surface area contributed by atoms with E-state index >= 15 is 0 Å². The smallest absolute Gasteiger partial charge is 0.326 e. The Bertz CT molecular complexity index is 1340. The van der Waals surface area contributed by atoms with Crippen molar-refractivity contribution in [3.05, 3.63) is 35.9 Å². The predicted octanol–water partition coefficient (Wildman–Crippen LogP) is 2.69. The van der Waals surface area contributed by atoms with E-state index in [0.29, 0.717) is 25.8 Å². The number of amides is 4. The number of carboxylic acid groups (broad SMARTS) is 1. The van der Waals surface area contributed by atoms with Crippen LogP contribution < -0.4 is 16.5 Å². The van der Waals surface area contributed by atoms with Crippen molar-refractivity contribution in [3.8, 4) is 0 Å². The van der Waals surface area contributed by atoms with Crippen LogP contribution in [0.5, 0.6) is 0 Å². The highest BCUT2D eigenvalue weighted by Crippen LogP contribution is 2.30. The number of benzene rings is 1. The summed E-state index contributed by atoms with van der Waals surface area (Å²) in [6, 6.07) is 5.56. The molecular weight excluding hydrogens is 680 g/mol. The first-order valence-electron chi connectivity index (χ1n) is 18.9. The Morgan fingerprint density at radius 1 is 0.943 bits per heavy atom. The molecule has 1 aliphatic heterocycles. The number of carboxylic acids is 1. The number of aliphatic carboxylic acids is 1. The van der Waals surface area contributed by atoms with Crippen LogP contribution in [0.15, 0.2) is 30.3 Å². The van der Waals surface area contributed by atoms with E-state index in [-0.39, 0.29) is 48.3 Å². The van der Waals surface area contributed by atoms with Gasteiger partial charge in [0.15, 0.2) is 0 Å². The fraction of sp³-hybridized carbons (Fsp3) is 0.718. The van der Waals surface area contributed by atoms with Crippen molar-refractivity contribution in [3.63, 3.8) is 0 Å². The number of nitrogens with two attached hydrogens (primary N) is 1. The number of nitrogens with one attached hydrogen (secondary N) is 2. The van der Waals surface area contributed by atoms with Gasteiger partial charge >= 0.3 is 5.97 Å². The molecule has 0 radical (unpaired) electrons. The molecule has 1 aliphatic rings. The molecule has 2 unspecified atom stereocenters. The Balaban J connectivity index is 2.27. The van der Waals surface area contributed by atoms with Gasteiger partial charge in [0.2, 0.25) is 23.6 Å². The number of hydrazine groups is 1. The van der Waals surface area contributed by atoms with Crippen molar-refractivity contribution >= 4 is 29.6 Å². The molecule has 5 N–H and O–H groups in total. The van der Waals surface area contributed by atoms with Gasteiger partial charge in [0.05, 0.1) is 36.6 Å². The Kier molecular flexibility index (Phi) is 18.3. The highest BCUT2D eigenvalue weighted by molar-refractivity contribution is 5.90. The second kappa shape index (κ2) is 21.3. The van der Waals surface area contributed by atoms with Crippen LogP contribution in [-0.4, -0.2) is 127 Å². The number of rotatable bonds is 21. The second-order valence-corrected chi connectivity index (χ2v) is 15.3. The molecule has 0 spiro atoms. The molecule has 0 aromatic heterocycles. The molecule has 14 nitrogen and oxygen atoms in total. The number of carbonyl (C=O) groups excluding carboxylic acids is 4. The number of nitrogens with zero attached hydrogens (tertiary/aromatic N) is 3. The summed E-state index contributed by atoms with van der Waals surface area (Å²) in [5, 5.41) is 16.8. The first kappa shape index (κ1) is 45.6. The minimum Gasteiger partial charge on any atom is -0.480 e. The van der Waals surface area contributed by atoms with Gasteiger partial charge in [0.1, 0.15) is 18.1 Å². The Morgan fingerprint density at radius 3 is 2.06 bits per heavy atom. The molecule has 0 aliphatic carbocycles.